The van der Waals surface area contributed by atoms with E-state index in [1.807, 2.05) is 0 Å². The molecule has 0 unspecified atom stereocenters. The highest BCUT2D eigenvalue weighted by Crippen LogP contribution is 2.63. The van der Waals surface area contributed by atoms with Gasteiger partial charge >= 0.3 is 0 Å². The lowest BCUT2D eigenvalue weighted by Gasteiger charge is -2.32. The zero-order valence-corrected chi connectivity index (χ0v) is 37.3. The number of para-hydroxylation sites is 1. The molecule has 0 aliphatic heterocycles. The Kier molecular flexibility index (Phi) is 8.57. The van der Waals surface area contributed by atoms with E-state index in [1.54, 1.807) is 0 Å². The summed E-state index contributed by atoms with van der Waals surface area (Å²) in [7, 11) is 0. The van der Waals surface area contributed by atoms with Crippen molar-refractivity contribution in [3.63, 3.8) is 0 Å². The summed E-state index contributed by atoms with van der Waals surface area (Å²) in [5.41, 5.74) is 20.5. The van der Waals surface area contributed by atoms with Crippen LogP contribution in [0.4, 0.5) is 17.1 Å². The number of anilines is 3. The van der Waals surface area contributed by atoms with Gasteiger partial charge in [0.15, 0.2) is 0 Å². The molecule has 68 heavy (non-hydrogen) atoms. The lowest BCUT2D eigenvalue weighted by atomic mass is 9.70. The van der Waals surface area contributed by atoms with Crippen molar-refractivity contribution in [2.75, 3.05) is 4.90 Å². The van der Waals surface area contributed by atoms with Crippen molar-refractivity contribution in [1.29, 1.82) is 0 Å². The number of benzene rings is 12. The Morgan fingerprint density at radius 2 is 0.618 bits per heavy atom. The fourth-order valence-corrected chi connectivity index (χ4v) is 11.9. The summed E-state index contributed by atoms with van der Waals surface area (Å²) in [6.45, 7) is 0. The molecular weight excluding hydrogens is 819 g/mol. The fraction of sp³-hybridized carbons (Fsp3) is 0.0149. The van der Waals surface area contributed by atoms with Gasteiger partial charge in [0.1, 0.15) is 0 Å². The summed E-state index contributed by atoms with van der Waals surface area (Å²) < 4.78 is 0. The fourth-order valence-electron chi connectivity index (χ4n) is 11.9. The first kappa shape index (κ1) is 38.5. The molecular formula is C67H43N. The summed E-state index contributed by atoms with van der Waals surface area (Å²) in [4.78, 5) is 2.48. The minimum Gasteiger partial charge on any atom is -0.310 e. The molecule has 2 aliphatic carbocycles. The van der Waals surface area contributed by atoms with Crippen LogP contribution in [0.5, 0.6) is 0 Å². The van der Waals surface area contributed by atoms with E-state index in [2.05, 4.69) is 266 Å². The maximum Gasteiger partial charge on any atom is 0.0726 e. The van der Waals surface area contributed by atoms with Crippen LogP contribution in [0.25, 0.3) is 88.0 Å². The molecule has 0 aromatic heterocycles. The van der Waals surface area contributed by atoms with Crippen LogP contribution in [-0.2, 0) is 5.41 Å². The van der Waals surface area contributed by atoms with E-state index in [0.29, 0.717) is 0 Å². The van der Waals surface area contributed by atoms with Gasteiger partial charge in [-0.3, -0.25) is 0 Å². The molecule has 1 heteroatoms. The second kappa shape index (κ2) is 15.1. The Morgan fingerprint density at radius 1 is 0.221 bits per heavy atom. The summed E-state index contributed by atoms with van der Waals surface area (Å²) >= 11 is 0. The monoisotopic (exact) mass is 861 g/mol. The van der Waals surface area contributed by atoms with Gasteiger partial charge in [-0.25, -0.2) is 0 Å². The second-order valence-corrected chi connectivity index (χ2v) is 18.3. The highest BCUT2D eigenvalue weighted by molar-refractivity contribution is 6.25. The van der Waals surface area contributed by atoms with E-state index in [4.69, 9.17) is 0 Å². The van der Waals surface area contributed by atoms with Crippen LogP contribution in [0, 0.1) is 0 Å². The number of fused-ring (bicyclic) bond motifs is 16. The first-order valence-electron chi connectivity index (χ1n) is 23.7. The largest absolute Gasteiger partial charge is 0.310 e. The summed E-state index contributed by atoms with van der Waals surface area (Å²) in [6, 6.07) is 96.8. The van der Waals surface area contributed by atoms with E-state index in [-0.39, 0.29) is 0 Å². The quantitative estimate of drug-likeness (QED) is 0.151. The molecule has 2 aliphatic rings. The van der Waals surface area contributed by atoms with Gasteiger partial charge in [-0.1, -0.05) is 224 Å². The van der Waals surface area contributed by atoms with Crippen molar-refractivity contribution >= 4 is 49.4 Å². The summed E-state index contributed by atoms with van der Waals surface area (Å²) in [6.07, 6.45) is 0. The van der Waals surface area contributed by atoms with Crippen LogP contribution in [0.15, 0.2) is 261 Å². The summed E-state index contributed by atoms with van der Waals surface area (Å²) in [5, 5.41) is 7.71. The molecule has 0 saturated heterocycles. The third kappa shape index (κ3) is 5.63. The lowest BCUT2D eigenvalue weighted by Crippen LogP contribution is -2.26. The molecule has 1 nitrogen and oxygen atoms in total. The van der Waals surface area contributed by atoms with E-state index >= 15 is 0 Å². The molecule has 12 aromatic carbocycles. The van der Waals surface area contributed by atoms with Crippen molar-refractivity contribution in [2.45, 2.75) is 5.41 Å². The van der Waals surface area contributed by atoms with Crippen molar-refractivity contribution in [3.8, 4) is 55.6 Å². The van der Waals surface area contributed by atoms with E-state index in [9.17, 15) is 0 Å². The molecule has 0 fully saturated rings. The number of rotatable bonds is 6. The van der Waals surface area contributed by atoms with Crippen LogP contribution < -0.4 is 4.90 Å². The van der Waals surface area contributed by atoms with Gasteiger partial charge in [0.05, 0.1) is 11.1 Å². The minimum absolute atomic E-state index is 0.455. The molecule has 0 N–H and O–H groups in total. The van der Waals surface area contributed by atoms with Gasteiger partial charge in [-0.05, 0) is 141 Å². The minimum atomic E-state index is -0.455. The number of nitrogens with zero attached hydrogens (tertiary/aromatic N) is 1. The predicted molar refractivity (Wildman–Crippen MR) is 286 cm³/mol. The molecule has 0 bridgehead atoms. The highest BCUT2D eigenvalue weighted by atomic mass is 15.1. The van der Waals surface area contributed by atoms with Gasteiger partial charge in [0.25, 0.3) is 0 Å². The standard InChI is InChI=1S/C67H43N/c1-2-16-44(17-3-1)45-30-32-47(33-31-45)51-18-11-15-29-66(51)68(49-37-34-46(35-38-49)48-36-40-56-54-21-5-4-19-52(54)53-20-6-7-22-55(53)61(56)42-48)50-39-41-60-59-25-10-14-28-64(59)67(65(60)43-50)62-26-12-8-23-57(62)58-24-9-13-27-63(58)67/h1-43H. The van der Waals surface area contributed by atoms with Gasteiger partial charge in [0, 0.05) is 16.9 Å². The Morgan fingerprint density at radius 3 is 1.22 bits per heavy atom. The van der Waals surface area contributed by atoms with Gasteiger partial charge < -0.3 is 4.90 Å². The maximum atomic E-state index is 2.50. The normalized spacial score (nSPS) is 12.8. The van der Waals surface area contributed by atoms with Crippen LogP contribution in [0.2, 0.25) is 0 Å². The third-order valence-corrected chi connectivity index (χ3v) is 14.9. The van der Waals surface area contributed by atoms with E-state index in [1.165, 1.54) is 110 Å². The molecule has 0 amide bonds. The molecule has 12 aromatic rings. The number of hydrogen-bond acceptors (Lipinski definition) is 1. The highest BCUT2D eigenvalue weighted by Gasteiger charge is 2.51. The van der Waals surface area contributed by atoms with Crippen molar-refractivity contribution in [2.24, 2.45) is 0 Å². The SMILES string of the molecule is c1ccc(-c2ccc(-c3ccccc3N(c3ccc(-c4ccc5c6ccccc6c6ccccc6c5c4)cc3)c3ccc4c(c3)C3(c5ccccc5-c5ccccc53)c3ccccc3-4)cc2)cc1. The van der Waals surface area contributed by atoms with Crippen LogP contribution in [0.3, 0.4) is 0 Å². The second-order valence-electron chi connectivity index (χ2n) is 18.3. The molecule has 0 saturated carbocycles. The molecule has 1 spiro atoms. The van der Waals surface area contributed by atoms with Crippen LogP contribution in [-0.4, -0.2) is 0 Å². The van der Waals surface area contributed by atoms with Crippen molar-refractivity contribution < 1.29 is 0 Å². The van der Waals surface area contributed by atoms with Crippen molar-refractivity contribution in [1.82, 2.24) is 0 Å². The number of hydrogen-bond donors (Lipinski definition) is 0. The van der Waals surface area contributed by atoms with Gasteiger partial charge in [0.2, 0.25) is 0 Å². The van der Waals surface area contributed by atoms with E-state index < -0.39 is 5.41 Å². The zero-order chi connectivity index (χ0) is 44.8. The molecule has 316 valence electrons. The predicted octanol–water partition coefficient (Wildman–Crippen LogP) is 18.0. The molecule has 0 atom stereocenters. The summed E-state index contributed by atoms with van der Waals surface area (Å²) in [5.74, 6) is 0. The van der Waals surface area contributed by atoms with Gasteiger partial charge in [-0.15, -0.1) is 0 Å². The van der Waals surface area contributed by atoms with Crippen LogP contribution in [0.1, 0.15) is 22.3 Å². The Bertz CT molecular complexity index is 3860. The topological polar surface area (TPSA) is 3.24 Å². The third-order valence-electron chi connectivity index (χ3n) is 14.9. The van der Waals surface area contributed by atoms with E-state index in [0.717, 1.165) is 17.1 Å². The Labute approximate surface area is 396 Å². The maximum absolute atomic E-state index is 2.50. The first-order chi connectivity index (χ1) is 33.7. The molecule has 0 radical (unpaired) electrons. The average molecular weight is 862 g/mol. The van der Waals surface area contributed by atoms with Crippen molar-refractivity contribution in [3.05, 3.63) is 283 Å². The van der Waals surface area contributed by atoms with Gasteiger partial charge in [-0.2, -0.15) is 0 Å². The molecule has 14 rings (SSSR count). The average Bonchev–Trinajstić information content (AvgIpc) is 3.89. The zero-order valence-electron chi connectivity index (χ0n) is 37.3. The molecule has 0 heterocycles. The van der Waals surface area contributed by atoms with Crippen LogP contribution >= 0.6 is 0 Å². The Balaban J connectivity index is 0.959. The lowest BCUT2D eigenvalue weighted by molar-refractivity contribution is 0.793. The smallest absolute Gasteiger partial charge is 0.0726 e. The first-order valence-corrected chi connectivity index (χ1v) is 23.7. The Hall–Kier alpha value is -8.78.